The highest BCUT2D eigenvalue weighted by Gasteiger charge is 2.29. The monoisotopic (exact) mass is 497 g/mol. The molecule has 0 radical (unpaired) electrons. The van der Waals surface area contributed by atoms with E-state index in [4.69, 9.17) is 9.47 Å². The normalized spacial score (nSPS) is 21.5. The number of carboxylic acid groups (broad SMARTS) is 1. The van der Waals surface area contributed by atoms with Gasteiger partial charge in [-0.05, 0) is 36.6 Å². The fourth-order valence-electron chi connectivity index (χ4n) is 4.43. The molecular weight excluding hydrogens is 462 g/mol. The largest absolute Gasteiger partial charge is 0.491 e. The van der Waals surface area contributed by atoms with E-state index >= 15 is 0 Å². The van der Waals surface area contributed by atoms with Gasteiger partial charge in [0.25, 0.3) is 5.91 Å². The number of anilines is 1. The van der Waals surface area contributed by atoms with E-state index in [0.717, 1.165) is 0 Å². The average molecular weight is 498 g/mol. The first kappa shape index (κ1) is 27.2. The fraction of sp³-hybridized carbons (Fsp3) is 0.444. The van der Waals surface area contributed by atoms with Crippen LogP contribution in [0.4, 0.5) is 5.69 Å². The number of amides is 2. The summed E-state index contributed by atoms with van der Waals surface area (Å²) in [6.45, 7) is 7.15. The summed E-state index contributed by atoms with van der Waals surface area (Å²) in [5.74, 6) is -0.968. The molecule has 3 rings (SSSR count). The average Bonchev–Trinajstić information content (AvgIpc) is 2.84. The van der Waals surface area contributed by atoms with E-state index in [1.165, 1.54) is 6.92 Å². The van der Waals surface area contributed by atoms with Crippen LogP contribution in [0.3, 0.4) is 0 Å². The number of rotatable bonds is 5. The van der Waals surface area contributed by atoms with Crippen molar-refractivity contribution in [3.05, 3.63) is 59.2 Å². The number of hydrogen-bond acceptors (Lipinski definition) is 6. The molecule has 194 valence electrons. The predicted molar refractivity (Wildman–Crippen MR) is 136 cm³/mol. The highest BCUT2D eigenvalue weighted by atomic mass is 16.5. The number of aromatic carboxylic acids is 1. The van der Waals surface area contributed by atoms with Crippen LogP contribution in [-0.4, -0.2) is 78.7 Å². The van der Waals surface area contributed by atoms with Crippen LogP contribution < -0.4 is 10.1 Å². The maximum absolute atomic E-state index is 13.3. The minimum absolute atomic E-state index is 0.0470. The zero-order chi connectivity index (χ0) is 26.4. The topological polar surface area (TPSA) is 108 Å². The highest BCUT2D eigenvalue weighted by molar-refractivity contribution is 5.98. The summed E-state index contributed by atoms with van der Waals surface area (Å²) in [5.41, 5.74) is 1.91. The van der Waals surface area contributed by atoms with Gasteiger partial charge in [0.05, 0.1) is 17.2 Å². The highest BCUT2D eigenvalue weighted by Crippen LogP contribution is 2.27. The summed E-state index contributed by atoms with van der Waals surface area (Å²) < 4.78 is 11.9. The second kappa shape index (κ2) is 12.0. The van der Waals surface area contributed by atoms with Crippen molar-refractivity contribution < 1.29 is 29.0 Å². The van der Waals surface area contributed by atoms with Crippen molar-refractivity contribution in [2.24, 2.45) is 5.92 Å². The second-order valence-corrected chi connectivity index (χ2v) is 9.38. The smallest absolute Gasteiger partial charge is 0.336 e. The minimum Gasteiger partial charge on any atom is -0.491 e. The number of hydrogen-bond donors (Lipinski definition) is 2. The quantitative estimate of drug-likeness (QED) is 0.652. The lowest BCUT2D eigenvalue weighted by atomic mass is 10.00. The van der Waals surface area contributed by atoms with Crippen LogP contribution in [0.25, 0.3) is 0 Å². The summed E-state index contributed by atoms with van der Waals surface area (Å²) in [6.07, 6.45) is -0.231. The molecule has 1 aliphatic rings. The number of ether oxygens (including phenoxy) is 2. The summed E-state index contributed by atoms with van der Waals surface area (Å²) >= 11 is 0. The van der Waals surface area contributed by atoms with Crippen LogP contribution in [-0.2, 0) is 16.1 Å². The Morgan fingerprint density at radius 3 is 2.56 bits per heavy atom. The molecule has 1 heterocycles. The number of nitrogens with zero attached hydrogens (tertiary/aromatic N) is 2. The van der Waals surface area contributed by atoms with Gasteiger partial charge in [-0.1, -0.05) is 25.1 Å². The van der Waals surface area contributed by atoms with Gasteiger partial charge in [-0.2, -0.15) is 0 Å². The minimum atomic E-state index is -0.966. The first-order valence-electron chi connectivity index (χ1n) is 12.0. The van der Waals surface area contributed by atoms with Gasteiger partial charge >= 0.3 is 5.97 Å². The van der Waals surface area contributed by atoms with Crippen molar-refractivity contribution in [2.45, 2.75) is 39.5 Å². The molecule has 2 amide bonds. The van der Waals surface area contributed by atoms with Gasteiger partial charge in [0.15, 0.2) is 0 Å². The number of carboxylic acids is 1. The zero-order valence-electron chi connectivity index (χ0n) is 21.5. The molecule has 0 spiro atoms. The number of carbonyl (C=O) groups is 3. The van der Waals surface area contributed by atoms with Crippen LogP contribution in [0.1, 0.15) is 47.1 Å². The maximum atomic E-state index is 13.3. The lowest BCUT2D eigenvalue weighted by molar-refractivity contribution is -0.114. The van der Waals surface area contributed by atoms with E-state index in [0.29, 0.717) is 42.2 Å². The van der Waals surface area contributed by atoms with Gasteiger partial charge in [-0.25, -0.2) is 4.79 Å². The Kier molecular flexibility index (Phi) is 9.06. The Balaban J connectivity index is 1.98. The number of carbonyl (C=O) groups excluding carboxylic acids is 2. The number of fused-ring (bicyclic) bond motifs is 1. The predicted octanol–water partition coefficient (Wildman–Crippen LogP) is 3.35. The molecule has 36 heavy (non-hydrogen) atoms. The first-order chi connectivity index (χ1) is 17.1. The lowest BCUT2D eigenvalue weighted by Gasteiger charge is -2.36. The Bertz CT molecular complexity index is 1100. The van der Waals surface area contributed by atoms with Crippen molar-refractivity contribution >= 4 is 23.5 Å². The molecule has 9 nitrogen and oxygen atoms in total. The van der Waals surface area contributed by atoms with Crippen LogP contribution in [0.2, 0.25) is 0 Å². The molecule has 1 aliphatic heterocycles. The molecule has 0 bridgehead atoms. The Labute approximate surface area is 212 Å². The van der Waals surface area contributed by atoms with Crippen LogP contribution in [0.15, 0.2) is 42.5 Å². The van der Waals surface area contributed by atoms with E-state index in [-0.39, 0.29) is 42.0 Å². The van der Waals surface area contributed by atoms with Crippen molar-refractivity contribution in [3.63, 3.8) is 0 Å². The van der Waals surface area contributed by atoms with Gasteiger partial charge in [0.1, 0.15) is 12.4 Å². The van der Waals surface area contributed by atoms with Crippen molar-refractivity contribution in [1.82, 2.24) is 9.80 Å². The fourth-order valence-corrected chi connectivity index (χ4v) is 4.43. The van der Waals surface area contributed by atoms with Crippen molar-refractivity contribution in [1.29, 1.82) is 0 Å². The van der Waals surface area contributed by atoms with Crippen molar-refractivity contribution in [2.75, 3.05) is 39.2 Å². The van der Waals surface area contributed by atoms with E-state index in [9.17, 15) is 19.5 Å². The SMILES string of the molecule is CO[C@H]1CN(C)C(=O)c2ccc(NC(C)=O)cc2OC[C@H](C)N(Cc2ccccc2C(=O)O)C[C@H]1C. The summed E-state index contributed by atoms with van der Waals surface area (Å²) in [5, 5.41) is 12.4. The zero-order valence-corrected chi connectivity index (χ0v) is 21.5. The molecule has 0 saturated carbocycles. The number of benzene rings is 2. The summed E-state index contributed by atoms with van der Waals surface area (Å²) in [7, 11) is 3.36. The van der Waals surface area contributed by atoms with Gasteiger partial charge in [0.2, 0.25) is 5.91 Å². The third-order valence-electron chi connectivity index (χ3n) is 6.52. The molecule has 0 aliphatic carbocycles. The Hall–Kier alpha value is -3.43. The summed E-state index contributed by atoms with van der Waals surface area (Å²) in [4.78, 5) is 40.4. The summed E-state index contributed by atoms with van der Waals surface area (Å²) in [6, 6.07) is 11.9. The molecule has 3 atom stereocenters. The van der Waals surface area contributed by atoms with E-state index in [1.807, 2.05) is 19.1 Å². The number of nitrogens with one attached hydrogen (secondary N) is 1. The van der Waals surface area contributed by atoms with E-state index in [2.05, 4.69) is 17.1 Å². The van der Waals surface area contributed by atoms with Crippen LogP contribution >= 0.6 is 0 Å². The van der Waals surface area contributed by atoms with Crippen LogP contribution in [0, 0.1) is 5.92 Å². The molecule has 9 heteroatoms. The molecule has 2 N–H and O–H groups in total. The van der Waals surface area contributed by atoms with Gasteiger partial charge in [-0.3, -0.25) is 14.5 Å². The Morgan fingerprint density at radius 2 is 1.89 bits per heavy atom. The molecule has 2 aromatic rings. The van der Waals surface area contributed by atoms with E-state index < -0.39 is 5.97 Å². The standard InChI is InChI=1S/C27H35N3O6/c1-17-13-30(14-20-8-6-7-9-22(20)27(33)34)18(2)16-36-24-12-21(28-19(3)31)10-11-23(24)26(32)29(4)15-25(17)35-5/h6-12,17-18,25H,13-16H2,1-5H3,(H,28,31)(H,33,34)/t17-,18+,25+/m1/s1. The van der Waals surface area contributed by atoms with Crippen LogP contribution in [0.5, 0.6) is 5.75 Å². The van der Waals surface area contributed by atoms with E-state index in [1.54, 1.807) is 49.4 Å². The number of likely N-dealkylation sites (N-methyl/N-ethyl adjacent to an activating group) is 1. The molecule has 0 unspecified atom stereocenters. The van der Waals surface area contributed by atoms with Crippen molar-refractivity contribution in [3.8, 4) is 5.75 Å². The number of methoxy groups -OCH3 is 1. The second-order valence-electron chi connectivity index (χ2n) is 9.38. The molecule has 0 aromatic heterocycles. The third-order valence-corrected chi connectivity index (χ3v) is 6.52. The third kappa shape index (κ3) is 6.61. The van der Waals surface area contributed by atoms with Gasteiger partial charge < -0.3 is 24.8 Å². The maximum Gasteiger partial charge on any atom is 0.336 e. The molecular formula is C27H35N3O6. The van der Waals surface area contributed by atoms with Gasteiger partial charge in [0, 0.05) is 58.5 Å². The molecule has 0 fully saturated rings. The molecule has 0 saturated heterocycles. The van der Waals surface area contributed by atoms with Gasteiger partial charge in [-0.15, -0.1) is 0 Å². The Morgan fingerprint density at radius 1 is 1.17 bits per heavy atom. The lowest BCUT2D eigenvalue weighted by Crippen LogP contribution is -2.46. The molecule has 2 aromatic carbocycles. The first-order valence-corrected chi connectivity index (χ1v) is 12.0.